The van der Waals surface area contributed by atoms with E-state index in [4.69, 9.17) is 0 Å². The Kier molecular flexibility index (Phi) is 7.08. The van der Waals surface area contributed by atoms with E-state index in [0.29, 0.717) is 0 Å². The second kappa shape index (κ2) is 11.3. The zero-order chi connectivity index (χ0) is 29.1. The second-order valence-electron chi connectivity index (χ2n) is 9.72. The number of carbonyl (C=O) groups excluding carboxylic acids is 2. The second-order valence-corrected chi connectivity index (χ2v) is 9.72. The molecule has 0 aliphatic rings. The van der Waals surface area contributed by atoms with E-state index in [9.17, 15) is 9.59 Å². The average molecular weight is 557 g/mol. The zero-order valence-corrected chi connectivity index (χ0v) is 23.0. The van der Waals surface area contributed by atoms with Crippen molar-refractivity contribution in [3.63, 3.8) is 0 Å². The van der Waals surface area contributed by atoms with Gasteiger partial charge in [0.2, 0.25) is 0 Å². The third-order valence-corrected chi connectivity index (χ3v) is 7.05. The van der Waals surface area contributed by atoms with Crippen LogP contribution in [-0.4, -0.2) is 33.4 Å². The molecule has 206 valence electrons. The molecule has 0 saturated heterocycles. The molecule has 0 aliphatic heterocycles. The van der Waals surface area contributed by atoms with Crippen LogP contribution in [0.1, 0.15) is 11.1 Å². The Balaban J connectivity index is 1.01. The molecule has 2 aromatic carbocycles. The van der Waals surface area contributed by atoms with E-state index in [1.165, 1.54) is 12.4 Å². The number of benzene rings is 2. The number of hydrogen-bond acceptors (Lipinski definition) is 4. The van der Waals surface area contributed by atoms with Gasteiger partial charge in [0.25, 0.3) is 11.3 Å². The summed E-state index contributed by atoms with van der Waals surface area (Å²) in [5.74, 6) is -1.84. The van der Waals surface area contributed by atoms with Gasteiger partial charge >= 0.3 is 11.8 Å². The molecule has 4 aromatic heterocycles. The molecule has 0 spiro atoms. The lowest BCUT2D eigenvalue weighted by molar-refractivity contribution is -0.510. The fourth-order valence-corrected chi connectivity index (χ4v) is 4.81. The van der Waals surface area contributed by atoms with Crippen LogP contribution < -0.4 is 19.7 Å². The topological polar surface area (TPSA) is 101 Å². The number of hydrazone groups is 2. The Hall–Kier alpha value is -5.90. The van der Waals surface area contributed by atoms with Crippen molar-refractivity contribution in [1.82, 2.24) is 20.0 Å². The molecular weight excluding hydrogens is 528 g/mol. The standard InChI is InChI=1S/C32H26N8O2/c1-37-27(21-39-17-5-3-7-29(37)39)25-13-9-23(10-14-25)19-33-35-31(41)32(42)36-34-20-24-11-15-26(16-12-24)28-22-40-18-6-4-8-30(40)38(28)2/h3-22H,1-2H3/p+2/b33-19-,34-20+. The third kappa shape index (κ3) is 5.28. The summed E-state index contributed by atoms with van der Waals surface area (Å²) in [6, 6.07) is 27.6. The van der Waals surface area contributed by atoms with Crippen molar-refractivity contribution in [2.24, 2.45) is 24.3 Å². The molecule has 2 N–H and O–H groups in total. The summed E-state index contributed by atoms with van der Waals surface area (Å²) < 4.78 is 8.37. The number of aromatic nitrogens is 4. The number of hydrogen-bond donors (Lipinski definition) is 2. The van der Waals surface area contributed by atoms with Gasteiger partial charge in [-0.1, -0.05) is 36.4 Å². The monoisotopic (exact) mass is 556 g/mol. The van der Waals surface area contributed by atoms with Crippen molar-refractivity contribution in [1.29, 1.82) is 0 Å². The third-order valence-electron chi connectivity index (χ3n) is 7.05. The Morgan fingerprint density at radius 1 is 0.619 bits per heavy atom. The molecule has 4 heterocycles. The lowest BCUT2D eigenvalue weighted by Gasteiger charge is -2.00. The highest BCUT2D eigenvalue weighted by atomic mass is 16.2. The van der Waals surface area contributed by atoms with Crippen LogP contribution in [-0.2, 0) is 23.7 Å². The quantitative estimate of drug-likeness (QED) is 0.143. The first kappa shape index (κ1) is 26.3. The largest absolute Gasteiger partial charge is 0.331 e. The fraction of sp³-hybridized carbons (Fsp3) is 0.0625. The first-order chi connectivity index (χ1) is 20.5. The number of amides is 2. The molecule has 0 fully saturated rings. The lowest BCUT2D eigenvalue weighted by atomic mass is 10.1. The van der Waals surface area contributed by atoms with E-state index in [1.54, 1.807) is 0 Å². The van der Waals surface area contributed by atoms with E-state index in [0.717, 1.165) is 44.9 Å². The molecule has 0 unspecified atom stereocenters. The van der Waals surface area contributed by atoms with Crippen LogP contribution in [0.15, 0.2) is 120 Å². The zero-order valence-electron chi connectivity index (χ0n) is 23.0. The predicted octanol–water partition coefficient (Wildman–Crippen LogP) is 2.78. The summed E-state index contributed by atoms with van der Waals surface area (Å²) in [4.78, 5) is 24.2. The van der Waals surface area contributed by atoms with Crippen LogP contribution in [0.4, 0.5) is 0 Å². The molecule has 0 bridgehead atoms. The minimum atomic E-state index is -0.920. The highest BCUT2D eigenvalue weighted by molar-refractivity contribution is 6.35. The number of carbonyl (C=O) groups is 2. The number of fused-ring (bicyclic) bond motifs is 2. The van der Waals surface area contributed by atoms with E-state index >= 15 is 0 Å². The number of nitrogens with one attached hydrogen (secondary N) is 2. The predicted molar refractivity (Wildman–Crippen MR) is 159 cm³/mol. The minimum Gasteiger partial charge on any atom is -0.262 e. The maximum absolute atomic E-state index is 12.1. The van der Waals surface area contributed by atoms with Gasteiger partial charge in [-0.25, -0.2) is 28.8 Å². The van der Waals surface area contributed by atoms with Crippen molar-refractivity contribution in [2.45, 2.75) is 0 Å². The number of rotatable bonds is 6. The number of aryl methyl sites for hydroxylation is 2. The first-order valence-corrected chi connectivity index (χ1v) is 13.3. The van der Waals surface area contributed by atoms with Gasteiger partial charge in [-0.05, 0) is 47.5 Å². The van der Waals surface area contributed by atoms with E-state index in [2.05, 4.69) is 63.5 Å². The molecule has 6 aromatic rings. The normalized spacial score (nSPS) is 11.6. The van der Waals surface area contributed by atoms with Crippen molar-refractivity contribution < 1.29 is 18.4 Å². The molecule has 42 heavy (non-hydrogen) atoms. The molecule has 10 nitrogen and oxygen atoms in total. The SMILES string of the molecule is Cn1c(-c2ccc(/C=N\NC(=O)C(=O)N/N=C/c3ccc(-c4c[n+]5ccccc5n4C)cc3)cc2)c[n+]2ccccc12. The number of pyridine rings is 2. The van der Waals surface area contributed by atoms with Crippen molar-refractivity contribution >= 4 is 35.5 Å². The van der Waals surface area contributed by atoms with Crippen LogP contribution >= 0.6 is 0 Å². The number of imidazole rings is 2. The summed E-state index contributed by atoms with van der Waals surface area (Å²) >= 11 is 0. The molecule has 0 saturated carbocycles. The van der Waals surface area contributed by atoms with Gasteiger partial charge in [-0.3, -0.25) is 9.59 Å². The highest BCUT2D eigenvalue weighted by Gasteiger charge is 2.16. The molecular formula is C32H28N8O2+2. The minimum absolute atomic E-state index is 0.773. The van der Waals surface area contributed by atoms with Gasteiger partial charge in [0.1, 0.15) is 12.4 Å². The number of nitrogens with zero attached hydrogens (tertiary/aromatic N) is 6. The summed E-state index contributed by atoms with van der Waals surface area (Å²) in [5.41, 5.74) is 12.4. The highest BCUT2D eigenvalue weighted by Crippen LogP contribution is 2.21. The maximum Gasteiger partial charge on any atom is 0.331 e. The summed E-state index contributed by atoms with van der Waals surface area (Å²) in [7, 11) is 4.04. The van der Waals surface area contributed by atoms with Gasteiger partial charge in [0.15, 0.2) is 11.4 Å². The van der Waals surface area contributed by atoms with E-state index in [-0.39, 0.29) is 0 Å². The molecule has 0 radical (unpaired) electrons. The lowest BCUT2D eigenvalue weighted by Crippen LogP contribution is -2.35. The summed E-state index contributed by atoms with van der Waals surface area (Å²) in [6.07, 6.45) is 11.1. The smallest absolute Gasteiger partial charge is 0.262 e. The van der Waals surface area contributed by atoms with Crippen LogP contribution in [0.25, 0.3) is 33.8 Å². The maximum atomic E-state index is 12.1. The Morgan fingerprint density at radius 3 is 1.40 bits per heavy atom. The first-order valence-electron chi connectivity index (χ1n) is 13.3. The van der Waals surface area contributed by atoms with Crippen molar-refractivity contribution in [3.8, 4) is 22.5 Å². The molecule has 0 aliphatic carbocycles. The molecule has 0 atom stereocenters. The van der Waals surface area contributed by atoms with Crippen molar-refractivity contribution in [3.05, 3.63) is 121 Å². The van der Waals surface area contributed by atoms with Crippen LogP contribution in [0, 0.1) is 0 Å². The Morgan fingerprint density at radius 2 is 1.02 bits per heavy atom. The molecule has 6 rings (SSSR count). The van der Waals surface area contributed by atoms with Crippen LogP contribution in [0.2, 0.25) is 0 Å². The Bertz CT molecular complexity index is 1840. The average Bonchev–Trinajstić information content (AvgIpc) is 3.54. The fourth-order valence-electron chi connectivity index (χ4n) is 4.81. The van der Waals surface area contributed by atoms with Gasteiger partial charge < -0.3 is 0 Å². The summed E-state index contributed by atoms with van der Waals surface area (Å²) in [5, 5.41) is 7.79. The van der Waals surface area contributed by atoms with Gasteiger partial charge in [-0.15, -0.1) is 0 Å². The van der Waals surface area contributed by atoms with Crippen LogP contribution in [0.5, 0.6) is 0 Å². The summed E-state index contributed by atoms with van der Waals surface area (Å²) in [6.45, 7) is 0. The van der Waals surface area contributed by atoms with Gasteiger partial charge in [-0.2, -0.15) is 10.2 Å². The molecule has 10 heteroatoms. The van der Waals surface area contributed by atoms with E-state index in [1.807, 2.05) is 99.3 Å². The van der Waals surface area contributed by atoms with Crippen LogP contribution in [0.3, 0.4) is 0 Å². The van der Waals surface area contributed by atoms with E-state index < -0.39 is 11.8 Å². The van der Waals surface area contributed by atoms with Gasteiger partial charge in [0.05, 0.1) is 38.9 Å². The Labute approximate surface area is 241 Å². The van der Waals surface area contributed by atoms with Crippen molar-refractivity contribution in [2.75, 3.05) is 0 Å². The molecule has 2 amide bonds. The van der Waals surface area contributed by atoms with Gasteiger partial charge in [0, 0.05) is 23.3 Å².